The molecule has 72 valence electrons. The molecule has 5 heteroatoms. The zero-order chi connectivity index (χ0) is 9.97. The van der Waals surface area contributed by atoms with Gasteiger partial charge in [0.1, 0.15) is 11.4 Å². The molecule has 1 aromatic heterocycles. The largest absolute Gasteiger partial charge is 0.363 e. The summed E-state index contributed by atoms with van der Waals surface area (Å²) in [5.41, 5.74) is 1.39. The Morgan fingerprint density at radius 2 is 1.79 bits per heavy atom. The zero-order valence-electron chi connectivity index (χ0n) is 7.25. The summed E-state index contributed by atoms with van der Waals surface area (Å²) >= 11 is 0. The van der Waals surface area contributed by atoms with Crippen molar-refractivity contribution in [2.45, 2.75) is 6.29 Å². The lowest BCUT2D eigenvalue weighted by atomic mass is 10.1. The molecular formula is C9H9N3O2. The highest BCUT2D eigenvalue weighted by atomic mass is 16.5. The Kier molecular flexibility index (Phi) is 2.26. The van der Waals surface area contributed by atoms with Crippen LogP contribution in [0.15, 0.2) is 30.3 Å². The third kappa shape index (κ3) is 1.50. The van der Waals surface area contributed by atoms with Gasteiger partial charge in [-0.25, -0.2) is 0 Å². The van der Waals surface area contributed by atoms with Gasteiger partial charge in [0, 0.05) is 5.56 Å². The molecule has 14 heavy (non-hydrogen) atoms. The number of aromatic nitrogens is 3. The fourth-order valence-corrected chi connectivity index (χ4v) is 1.23. The predicted octanol–water partition coefficient (Wildman–Crippen LogP) is 0.455. The van der Waals surface area contributed by atoms with Crippen LogP contribution in [0.25, 0.3) is 11.3 Å². The van der Waals surface area contributed by atoms with E-state index in [-0.39, 0.29) is 5.69 Å². The first-order valence-electron chi connectivity index (χ1n) is 4.11. The van der Waals surface area contributed by atoms with Crippen molar-refractivity contribution in [2.75, 3.05) is 0 Å². The van der Waals surface area contributed by atoms with E-state index in [1.54, 1.807) is 0 Å². The molecule has 1 aromatic carbocycles. The molecule has 0 aliphatic rings. The molecule has 0 spiro atoms. The van der Waals surface area contributed by atoms with E-state index in [0.29, 0.717) is 5.69 Å². The fourth-order valence-electron chi connectivity index (χ4n) is 1.23. The summed E-state index contributed by atoms with van der Waals surface area (Å²) in [5.74, 6) is 0. The number of aliphatic hydroxyl groups excluding tert-OH is 1. The summed E-state index contributed by atoms with van der Waals surface area (Å²) in [6, 6.07) is 9.21. The first-order valence-corrected chi connectivity index (χ1v) is 4.11. The molecule has 0 aliphatic heterocycles. The standard InChI is InChI=1S/C9H9N3O2/c13-9(14)8-7(10-12-11-8)6-4-2-1-3-5-6/h1-5,9,13-14H,(H,10,11,12). The van der Waals surface area contributed by atoms with E-state index in [9.17, 15) is 0 Å². The van der Waals surface area contributed by atoms with Gasteiger partial charge in [-0.2, -0.15) is 15.4 Å². The molecule has 5 nitrogen and oxygen atoms in total. The average molecular weight is 191 g/mol. The van der Waals surface area contributed by atoms with Gasteiger partial charge in [-0.05, 0) is 0 Å². The van der Waals surface area contributed by atoms with Gasteiger partial charge >= 0.3 is 0 Å². The molecular weight excluding hydrogens is 182 g/mol. The number of aliphatic hydroxyl groups is 2. The highest BCUT2D eigenvalue weighted by Crippen LogP contribution is 2.22. The van der Waals surface area contributed by atoms with Gasteiger partial charge in [0.25, 0.3) is 0 Å². The molecule has 0 amide bonds. The quantitative estimate of drug-likeness (QED) is 0.602. The van der Waals surface area contributed by atoms with Crippen LogP contribution < -0.4 is 0 Å². The van der Waals surface area contributed by atoms with Crippen molar-refractivity contribution < 1.29 is 10.2 Å². The van der Waals surface area contributed by atoms with Crippen LogP contribution in [0.3, 0.4) is 0 Å². The molecule has 0 bridgehead atoms. The van der Waals surface area contributed by atoms with Gasteiger partial charge in [0.15, 0.2) is 6.29 Å². The van der Waals surface area contributed by atoms with Crippen LogP contribution in [0.4, 0.5) is 0 Å². The highest BCUT2D eigenvalue weighted by molar-refractivity contribution is 5.60. The van der Waals surface area contributed by atoms with Crippen LogP contribution in [0.2, 0.25) is 0 Å². The maximum Gasteiger partial charge on any atom is 0.200 e. The second-order valence-corrected chi connectivity index (χ2v) is 2.80. The number of nitrogens with zero attached hydrogens (tertiary/aromatic N) is 2. The second-order valence-electron chi connectivity index (χ2n) is 2.80. The van der Waals surface area contributed by atoms with Crippen LogP contribution in [0.1, 0.15) is 12.0 Å². The van der Waals surface area contributed by atoms with E-state index in [0.717, 1.165) is 5.56 Å². The molecule has 3 N–H and O–H groups in total. The molecule has 0 saturated heterocycles. The van der Waals surface area contributed by atoms with Gasteiger partial charge in [-0.3, -0.25) is 0 Å². The van der Waals surface area contributed by atoms with Crippen LogP contribution in [0.5, 0.6) is 0 Å². The summed E-state index contributed by atoms with van der Waals surface area (Å²) in [4.78, 5) is 0. The van der Waals surface area contributed by atoms with E-state index < -0.39 is 6.29 Å². The van der Waals surface area contributed by atoms with Crippen molar-refractivity contribution in [3.05, 3.63) is 36.0 Å². The van der Waals surface area contributed by atoms with Gasteiger partial charge in [0.2, 0.25) is 0 Å². The molecule has 0 saturated carbocycles. The Balaban J connectivity index is 2.47. The van der Waals surface area contributed by atoms with Crippen molar-refractivity contribution in [3.63, 3.8) is 0 Å². The first kappa shape index (κ1) is 8.86. The monoisotopic (exact) mass is 191 g/mol. The summed E-state index contributed by atoms with van der Waals surface area (Å²) in [5, 5.41) is 27.8. The average Bonchev–Trinajstić information content (AvgIpc) is 2.67. The van der Waals surface area contributed by atoms with Crippen LogP contribution in [0, 0.1) is 0 Å². The van der Waals surface area contributed by atoms with Gasteiger partial charge in [0.05, 0.1) is 0 Å². The number of benzene rings is 1. The topological polar surface area (TPSA) is 82.0 Å². The third-order valence-electron chi connectivity index (χ3n) is 1.87. The Morgan fingerprint density at radius 1 is 1.07 bits per heavy atom. The molecule has 1 heterocycles. The van der Waals surface area contributed by atoms with Gasteiger partial charge in [-0.1, -0.05) is 30.3 Å². The third-order valence-corrected chi connectivity index (χ3v) is 1.87. The maximum absolute atomic E-state index is 8.99. The number of nitrogens with one attached hydrogen (secondary N) is 1. The number of hydrogen-bond donors (Lipinski definition) is 3. The summed E-state index contributed by atoms with van der Waals surface area (Å²) in [6.07, 6.45) is -1.61. The fraction of sp³-hybridized carbons (Fsp3) is 0.111. The summed E-state index contributed by atoms with van der Waals surface area (Å²) in [6.45, 7) is 0. The van der Waals surface area contributed by atoms with Crippen LogP contribution >= 0.6 is 0 Å². The maximum atomic E-state index is 8.99. The minimum Gasteiger partial charge on any atom is -0.363 e. The summed E-state index contributed by atoms with van der Waals surface area (Å²) in [7, 11) is 0. The molecule has 0 unspecified atom stereocenters. The number of hydrogen-bond acceptors (Lipinski definition) is 4. The van der Waals surface area contributed by atoms with E-state index in [1.165, 1.54) is 0 Å². The van der Waals surface area contributed by atoms with Crippen molar-refractivity contribution in [3.8, 4) is 11.3 Å². The SMILES string of the molecule is OC(O)c1n[nH]nc1-c1ccccc1. The lowest BCUT2D eigenvalue weighted by Gasteiger charge is -2.01. The number of aromatic amines is 1. The van der Waals surface area contributed by atoms with E-state index in [2.05, 4.69) is 15.4 Å². The summed E-state index contributed by atoms with van der Waals surface area (Å²) < 4.78 is 0. The normalized spacial score (nSPS) is 10.8. The highest BCUT2D eigenvalue weighted by Gasteiger charge is 2.15. The minimum absolute atomic E-state index is 0.135. The second kappa shape index (κ2) is 3.57. The first-order chi connectivity index (χ1) is 6.79. The van der Waals surface area contributed by atoms with Gasteiger partial charge in [-0.15, -0.1) is 0 Å². The minimum atomic E-state index is -1.61. The molecule has 0 aliphatic carbocycles. The predicted molar refractivity (Wildman–Crippen MR) is 49.0 cm³/mol. The van der Waals surface area contributed by atoms with Crippen LogP contribution in [-0.4, -0.2) is 25.6 Å². The molecule has 0 radical (unpaired) electrons. The van der Waals surface area contributed by atoms with E-state index in [1.807, 2.05) is 30.3 Å². The Bertz CT molecular complexity index is 411. The smallest absolute Gasteiger partial charge is 0.200 e. The van der Waals surface area contributed by atoms with Crippen molar-refractivity contribution in [2.24, 2.45) is 0 Å². The van der Waals surface area contributed by atoms with Gasteiger partial charge < -0.3 is 10.2 Å². The Labute approximate surface area is 80.0 Å². The van der Waals surface area contributed by atoms with Crippen LogP contribution in [-0.2, 0) is 0 Å². The van der Waals surface area contributed by atoms with Crippen molar-refractivity contribution >= 4 is 0 Å². The Hall–Kier alpha value is -1.72. The van der Waals surface area contributed by atoms with Crippen molar-refractivity contribution in [1.29, 1.82) is 0 Å². The molecule has 0 fully saturated rings. The number of H-pyrrole nitrogens is 1. The van der Waals surface area contributed by atoms with Crippen molar-refractivity contribution in [1.82, 2.24) is 15.4 Å². The molecule has 0 atom stereocenters. The zero-order valence-corrected chi connectivity index (χ0v) is 7.25. The molecule has 2 aromatic rings. The number of rotatable bonds is 2. The Morgan fingerprint density at radius 3 is 2.43 bits per heavy atom. The lowest BCUT2D eigenvalue weighted by Crippen LogP contribution is -1.97. The molecule has 2 rings (SSSR count). The van der Waals surface area contributed by atoms with E-state index in [4.69, 9.17) is 10.2 Å². The van der Waals surface area contributed by atoms with E-state index >= 15 is 0 Å². The lowest BCUT2D eigenvalue weighted by molar-refractivity contribution is -0.0454.